The van der Waals surface area contributed by atoms with Crippen molar-refractivity contribution in [2.75, 3.05) is 6.54 Å². The van der Waals surface area contributed by atoms with Crippen LogP contribution in [0.3, 0.4) is 0 Å². The zero-order valence-corrected chi connectivity index (χ0v) is 12.3. The minimum Gasteiger partial charge on any atom is -0.335 e. The molecule has 1 unspecified atom stereocenters. The van der Waals surface area contributed by atoms with Crippen molar-refractivity contribution >= 4 is 27.3 Å². The van der Waals surface area contributed by atoms with E-state index in [1.165, 1.54) is 16.5 Å². The number of rotatable bonds is 1. The van der Waals surface area contributed by atoms with E-state index in [2.05, 4.69) is 30.9 Å². The number of fused-ring (bicyclic) bond motifs is 1. The molecule has 0 aliphatic carbocycles. The first-order valence-electron chi connectivity index (χ1n) is 6.97. The lowest BCUT2D eigenvalue weighted by molar-refractivity contribution is 0.0640. The van der Waals surface area contributed by atoms with Crippen LogP contribution in [0, 0.1) is 6.92 Å². The number of carbonyl (C=O) groups is 1. The van der Waals surface area contributed by atoms with Gasteiger partial charge in [-0.3, -0.25) is 4.79 Å². The number of hydrogen-bond acceptors (Lipinski definition) is 2. The fraction of sp³-hybridized carbons (Fsp3) is 0.438. The van der Waals surface area contributed by atoms with Crippen LogP contribution in [0.15, 0.2) is 24.3 Å². The first-order valence-corrected chi connectivity index (χ1v) is 7.79. The molecule has 2 aromatic rings. The Kier molecular flexibility index (Phi) is 3.31. The lowest BCUT2D eigenvalue weighted by Crippen LogP contribution is -2.41. The van der Waals surface area contributed by atoms with Crippen molar-refractivity contribution in [2.24, 2.45) is 0 Å². The molecular formula is C16H19NOS. The number of carbonyl (C=O) groups excluding carboxylic acids is 1. The summed E-state index contributed by atoms with van der Waals surface area (Å²) in [7, 11) is 0. The zero-order valence-electron chi connectivity index (χ0n) is 11.5. The fourth-order valence-electron chi connectivity index (χ4n) is 2.91. The largest absolute Gasteiger partial charge is 0.335 e. The van der Waals surface area contributed by atoms with Crippen LogP contribution in [0.1, 0.15) is 41.4 Å². The Labute approximate surface area is 118 Å². The van der Waals surface area contributed by atoms with Crippen molar-refractivity contribution in [3.63, 3.8) is 0 Å². The summed E-state index contributed by atoms with van der Waals surface area (Å²) in [6.07, 6.45) is 3.52. The molecule has 3 heteroatoms. The number of nitrogens with zero attached hydrogens (tertiary/aromatic N) is 1. The van der Waals surface area contributed by atoms with E-state index in [1.54, 1.807) is 11.3 Å². The molecule has 0 bridgehead atoms. The van der Waals surface area contributed by atoms with Gasteiger partial charge in [-0.25, -0.2) is 0 Å². The summed E-state index contributed by atoms with van der Waals surface area (Å²) >= 11 is 1.64. The third-order valence-electron chi connectivity index (χ3n) is 4.10. The van der Waals surface area contributed by atoms with Crippen LogP contribution in [0.4, 0.5) is 0 Å². The molecule has 0 saturated carbocycles. The minimum absolute atomic E-state index is 0.228. The molecule has 1 amide bonds. The van der Waals surface area contributed by atoms with E-state index < -0.39 is 0 Å². The number of hydrogen-bond donors (Lipinski definition) is 0. The second kappa shape index (κ2) is 4.97. The van der Waals surface area contributed by atoms with Crippen molar-refractivity contribution in [3.8, 4) is 0 Å². The quantitative estimate of drug-likeness (QED) is 0.761. The lowest BCUT2D eigenvalue weighted by Gasteiger charge is -2.33. The van der Waals surface area contributed by atoms with E-state index in [4.69, 9.17) is 0 Å². The number of benzene rings is 1. The van der Waals surface area contributed by atoms with E-state index in [0.29, 0.717) is 6.04 Å². The average molecular weight is 273 g/mol. The zero-order chi connectivity index (χ0) is 13.4. The highest BCUT2D eigenvalue weighted by molar-refractivity contribution is 7.21. The number of likely N-dealkylation sites (tertiary alicyclic amines) is 1. The van der Waals surface area contributed by atoms with Gasteiger partial charge < -0.3 is 4.90 Å². The summed E-state index contributed by atoms with van der Waals surface area (Å²) in [6.45, 7) is 5.15. The Hall–Kier alpha value is -1.35. The normalized spacial score (nSPS) is 19.9. The summed E-state index contributed by atoms with van der Waals surface area (Å²) in [5.41, 5.74) is 1.14. The van der Waals surface area contributed by atoms with Crippen molar-refractivity contribution < 1.29 is 4.79 Å². The molecule has 1 aliphatic heterocycles. The first-order chi connectivity index (χ1) is 9.18. The van der Waals surface area contributed by atoms with Crippen molar-refractivity contribution in [1.82, 2.24) is 4.90 Å². The van der Waals surface area contributed by atoms with Gasteiger partial charge in [0.05, 0.1) is 4.88 Å². The molecule has 2 heterocycles. The molecule has 0 N–H and O–H groups in total. The van der Waals surface area contributed by atoms with Crippen LogP contribution in [0.5, 0.6) is 0 Å². The van der Waals surface area contributed by atoms with E-state index in [-0.39, 0.29) is 5.91 Å². The first kappa shape index (κ1) is 12.7. The lowest BCUT2D eigenvalue weighted by atomic mass is 10.0. The van der Waals surface area contributed by atoms with Gasteiger partial charge >= 0.3 is 0 Å². The van der Waals surface area contributed by atoms with Gasteiger partial charge in [0, 0.05) is 17.3 Å². The van der Waals surface area contributed by atoms with Crippen LogP contribution >= 0.6 is 11.3 Å². The molecule has 0 radical (unpaired) electrons. The van der Waals surface area contributed by atoms with E-state index in [0.717, 1.165) is 29.8 Å². The highest BCUT2D eigenvalue weighted by Crippen LogP contribution is 2.32. The highest BCUT2D eigenvalue weighted by Gasteiger charge is 2.26. The Balaban J connectivity index is 1.99. The minimum atomic E-state index is 0.228. The molecule has 100 valence electrons. The Morgan fingerprint density at radius 3 is 2.84 bits per heavy atom. The van der Waals surface area contributed by atoms with E-state index >= 15 is 0 Å². The molecule has 1 fully saturated rings. The monoisotopic (exact) mass is 273 g/mol. The third-order valence-corrected chi connectivity index (χ3v) is 5.36. The van der Waals surface area contributed by atoms with Crippen LogP contribution < -0.4 is 0 Å². The maximum absolute atomic E-state index is 12.7. The van der Waals surface area contributed by atoms with Gasteiger partial charge in [0.2, 0.25) is 0 Å². The molecule has 3 rings (SSSR count). The van der Waals surface area contributed by atoms with Crippen molar-refractivity contribution in [3.05, 3.63) is 34.7 Å². The number of aryl methyl sites for hydroxylation is 1. The molecular weight excluding hydrogens is 254 g/mol. The van der Waals surface area contributed by atoms with Crippen LogP contribution in [0.25, 0.3) is 10.1 Å². The molecule has 1 atom stereocenters. The summed E-state index contributed by atoms with van der Waals surface area (Å²) in [6, 6.07) is 8.67. The average Bonchev–Trinajstić information content (AvgIpc) is 2.77. The van der Waals surface area contributed by atoms with Gasteiger partial charge in [0.15, 0.2) is 0 Å². The maximum Gasteiger partial charge on any atom is 0.264 e. The van der Waals surface area contributed by atoms with Gasteiger partial charge in [0.25, 0.3) is 5.91 Å². The van der Waals surface area contributed by atoms with E-state index in [1.807, 2.05) is 12.1 Å². The van der Waals surface area contributed by atoms with Crippen LogP contribution in [-0.4, -0.2) is 23.4 Å². The van der Waals surface area contributed by atoms with Crippen molar-refractivity contribution in [1.29, 1.82) is 0 Å². The smallest absolute Gasteiger partial charge is 0.264 e. The van der Waals surface area contributed by atoms with Crippen LogP contribution in [0.2, 0.25) is 0 Å². The standard InChI is InChI=1S/C16H19NOS/c1-11-7-5-6-10-17(11)16(18)15-12(2)13-8-3-4-9-14(13)19-15/h3-4,8-9,11H,5-7,10H2,1-2H3. The van der Waals surface area contributed by atoms with Crippen molar-refractivity contribution in [2.45, 2.75) is 39.2 Å². The summed E-state index contributed by atoms with van der Waals surface area (Å²) in [5, 5.41) is 1.22. The van der Waals surface area contributed by atoms with Gasteiger partial charge in [-0.15, -0.1) is 11.3 Å². The number of thiophene rings is 1. The fourth-order valence-corrected chi connectivity index (χ4v) is 4.07. The molecule has 0 spiro atoms. The predicted molar refractivity (Wildman–Crippen MR) is 80.9 cm³/mol. The molecule has 1 saturated heterocycles. The summed E-state index contributed by atoms with van der Waals surface area (Å²) in [4.78, 5) is 15.7. The molecule has 2 nitrogen and oxygen atoms in total. The van der Waals surface area contributed by atoms with Gasteiger partial charge in [-0.1, -0.05) is 18.2 Å². The predicted octanol–water partition coefficient (Wildman–Crippen LogP) is 4.22. The van der Waals surface area contributed by atoms with Gasteiger partial charge in [-0.05, 0) is 50.1 Å². The third kappa shape index (κ3) is 2.16. The second-order valence-corrected chi connectivity index (χ2v) is 6.45. The Morgan fingerprint density at radius 2 is 2.11 bits per heavy atom. The maximum atomic E-state index is 12.7. The molecule has 19 heavy (non-hydrogen) atoms. The highest BCUT2D eigenvalue weighted by atomic mass is 32.1. The molecule has 1 aromatic heterocycles. The summed E-state index contributed by atoms with van der Waals surface area (Å²) < 4.78 is 1.22. The Morgan fingerprint density at radius 1 is 1.32 bits per heavy atom. The van der Waals surface area contributed by atoms with Crippen LogP contribution in [-0.2, 0) is 0 Å². The number of amides is 1. The topological polar surface area (TPSA) is 20.3 Å². The Bertz CT molecular complexity index is 616. The van der Waals surface area contributed by atoms with Gasteiger partial charge in [0.1, 0.15) is 0 Å². The van der Waals surface area contributed by atoms with E-state index in [9.17, 15) is 4.79 Å². The summed E-state index contributed by atoms with van der Waals surface area (Å²) in [5.74, 6) is 0.228. The molecule has 1 aliphatic rings. The van der Waals surface area contributed by atoms with Gasteiger partial charge in [-0.2, -0.15) is 0 Å². The number of piperidine rings is 1. The second-order valence-electron chi connectivity index (χ2n) is 5.40. The SMILES string of the molecule is Cc1c(C(=O)N2CCCCC2C)sc2ccccc12. The molecule has 1 aromatic carbocycles.